The summed E-state index contributed by atoms with van der Waals surface area (Å²) in [6, 6.07) is 7.10. The Balaban J connectivity index is 2.48. The zero-order valence-corrected chi connectivity index (χ0v) is 13.4. The molecule has 1 aromatic heterocycles. The number of hydrogen-bond acceptors (Lipinski definition) is 3. The van der Waals surface area contributed by atoms with E-state index in [4.69, 9.17) is 4.74 Å². The highest BCUT2D eigenvalue weighted by molar-refractivity contribution is 9.11. The van der Waals surface area contributed by atoms with Gasteiger partial charge in [-0.1, -0.05) is 12.1 Å². The number of ether oxygens (including phenoxy) is 1. The molecule has 1 heterocycles. The van der Waals surface area contributed by atoms with Crippen LogP contribution in [0.1, 0.15) is 22.0 Å². The van der Waals surface area contributed by atoms with Crippen molar-refractivity contribution in [1.82, 2.24) is 5.32 Å². The van der Waals surface area contributed by atoms with Crippen molar-refractivity contribution in [2.24, 2.45) is 0 Å². The molecule has 2 rings (SSSR count). The largest absolute Gasteiger partial charge is 0.494 e. The lowest BCUT2D eigenvalue weighted by Gasteiger charge is -2.17. The van der Waals surface area contributed by atoms with E-state index in [1.165, 1.54) is 7.11 Å². The zero-order chi connectivity index (χ0) is 14.0. The van der Waals surface area contributed by atoms with E-state index < -0.39 is 0 Å². The number of rotatable bonds is 4. The quantitative estimate of drug-likeness (QED) is 0.894. The molecule has 0 radical (unpaired) electrons. The minimum atomic E-state index is -0.313. The highest BCUT2D eigenvalue weighted by Crippen LogP contribution is 2.36. The average Bonchev–Trinajstić information content (AvgIpc) is 2.72. The summed E-state index contributed by atoms with van der Waals surface area (Å²) in [7, 11) is 3.30. The van der Waals surface area contributed by atoms with Crippen molar-refractivity contribution in [3.05, 3.63) is 49.9 Å². The lowest BCUT2D eigenvalue weighted by Crippen LogP contribution is -2.18. The van der Waals surface area contributed by atoms with E-state index in [1.807, 2.05) is 14.0 Å². The van der Waals surface area contributed by atoms with Gasteiger partial charge in [0.15, 0.2) is 11.6 Å². The summed E-state index contributed by atoms with van der Waals surface area (Å²) >= 11 is 5.12. The number of nitrogens with one attached hydrogen (secondary N) is 1. The van der Waals surface area contributed by atoms with Crippen LogP contribution in [0.2, 0.25) is 0 Å². The van der Waals surface area contributed by atoms with Gasteiger partial charge in [-0.05, 0) is 47.6 Å². The van der Waals surface area contributed by atoms with Gasteiger partial charge in [-0.25, -0.2) is 4.39 Å². The third-order valence-corrected chi connectivity index (χ3v) is 5.17. The van der Waals surface area contributed by atoms with Gasteiger partial charge >= 0.3 is 0 Å². The maximum atomic E-state index is 14.3. The molecule has 0 aliphatic rings. The van der Waals surface area contributed by atoms with Crippen LogP contribution in [-0.2, 0) is 0 Å². The second-order valence-electron chi connectivity index (χ2n) is 4.19. The van der Waals surface area contributed by atoms with Crippen molar-refractivity contribution < 1.29 is 9.13 Å². The number of halogens is 2. The van der Waals surface area contributed by atoms with Gasteiger partial charge in [-0.2, -0.15) is 0 Å². The molecule has 0 aliphatic carbocycles. The van der Waals surface area contributed by atoms with Gasteiger partial charge in [0.05, 0.1) is 16.9 Å². The monoisotopic (exact) mass is 343 g/mol. The van der Waals surface area contributed by atoms with Gasteiger partial charge in [-0.15, -0.1) is 11.3 Å². The molecule has 0 spiro atoms. The summed E-state index contributed by atoms with van der Waals surface area (Å²) in [5, 5.41) is 3.16. The Bertz CT molecular complexity index is 565. The van der Waals surface area contributed by atoms with Gasteiger partial charge < -0.3 is 10.1 Å². The summed E-state index contributed by atoms with van der Waals surface area (Å²) in [6.45, 7) is 2.03. The highest BCUT2D eigenvalue weighted by atomic mass is 79.9. The maximum absolute atomic E-state index is 14.3. The molecular weight excluding hydrogens is 329 g/mol. The second kappa shape index (κ2) is 6.03. The first-order chi connectivity index (χ1) is 9.08. The SMILES string of the molecule is CNC(c1cc(C)c(Br)s1)c1cccc(OC)c1F. The van der Waals surface area contributed by atoms with Gasteiger partial charge in [-0.3, -0.25) is 0 Å². The Kier molecular flexibility index (Phi) is 4.60. The number of thiophene rings is 1. The minimum Gasteiger partial charge on any atom is -0.494 e. The van der Waals surface area contributed by atoms with E-state index in [2.05, 4.69) is 27.3 Å². The fourth-order valence-corrected chi connectivity index (χ4v) is 3.69. The van der Waals surface area contributed by atoms with Crippen LogP contribution in [0.4, 0.5) is 4.39 Å². The van der Waals surface area contributed by atoms with Crippen molar-refractivity contribution >= 4 is 27.3 Å². The first-order valence-electron chi connectivity index (χ1n) is 5.84. The number of aryl methyl sites for hydroxylation is 1. The molecule has 2 nitrogen and oxygen atoms in total. The van der Waals surface area contributed by atoms with E-state index in [0.29, 0.717) is 5.56 Å². The maximum Gasteiger partial charge on any atom is 0.170 e. The smallest absolute Gasteiger partial charge is 0.170 e. The van der Waals surface area contributed by atoms with Gasteiger partial charge in [0.1, 0.15) is 0 Å². The molecule has 19 heavy (non-hydrogen) atoms. The lowest BCUT2D eigenvalue weighted by molar-refractivity contribution is 0.382. The van der Waals surface area contributed by atoms with Crippen molar-refractivity contribution in [3.8, 4) is 5.75 Å². The molecule has 0 aliphatic heterocycles. The average molecular weight is 344 g/mol. The Hall–Kier alpha value is -0.910. The molecule has 102 valence electrons. The van der Waals surface area contributed by atoms with E-state index in [0.717, 1.165) is 14.2 Å². The molecule has 0 amide bonds. The Morgan fingerprint density at radius 1 is 1.42 bits per heavy atom. The second-order valence-corrected chi connectivity index (χ2v) is 6.59. The standard InChI is InChI=1S/C14H15BrFNOS/c1-8-7-11(19-14(8)15)13(17-2)9-5-4-6-10(18-3)12(9)16/h4-7,13,17H,1-3H3. The van der Waals surface area contributed by atoms with Crippen LogP contribution >= 0.6 is 27.3 Å². The summed E-state index contributed by atoms with van der Waals surface area (Å²) in [5.74, 6) is -0.0448. The van der Waals surface area contributed by atoms with Gasteiger partial charge in [0.25, 0.3) is 0 Å². The lowest BCUT2D eigenvalue weighted by atomic mass is 10.0. The van der Waals surface area contributed by atoms with Crippen molar-refractivity contribution in [2.45, 2.75) is 13.0 Å². The predicted molar refractivity (Wildman–Crippen MR) is 80.6 cm³/mol. The third-order valence-electron chi connectivity index (χ3n) is 2.97. The van der Waals surface area contributed by atoms with Gasteiger partial charge in [0.2, 0.25) is 0 Å². The number of methoxy groups -OCH3 is 1. The molecule has 1 N–H and O–H groups in total. The predicted octanol–water partition coefficient (Wildman–Crippen LogP) is 4.28. The summed E-state index contributed by atoms with van der Waals surface area (Å²) < 4.78 is 20.4. The van der Waals surface area contributed by atoms with Crippen LogP contribution < -0.4 is 10.1 Å². The normalized spacial score (nSPS) is 12.5. The van der Waals surface area contributed by atoms with Crippen LogP contribution in [0, 0.1) is 12.7 Å². The van der Waals surface area contributed by atoms with Crippen LogP contribution in [0.3, 0.4) is 0 Å². The zero-order valence-electron chi connectivity index (χ0n) is 11.0. The molecule has 0 fully saturated rings. The highest BCUT2D eigenvalue weighted by Gasteiger charge is 2.21. The number of hydrogen-bond donors (Lipinski definition) is 1. The first-order valence-corrected chi connectivity index (χ1v) is 7.45. The molecule has 2 aromatic rings. The molecule has 1 unspecified atom stereocenters. The fourth-order valence-electron chi connectivity index (χ4n) is 1.99. The number of benzene rings is 1. The Morgan fingerprint density at radius 2 is 2.16 bits per heavy atom. The summed E-state index contributed by atoms with van der Waals surface area (Å²) in [6.07, 6.45) is 0. The first kappa shape index (κ1) is 14.5. The fraction of sp³-hybridized carbons (Fsp3) is 0.286. The Morgan fingerprint density at radius 3 is 2.68 bits per heavy atom. The Labute approximate surface area is 124 Å². The molecule has 0 saturated carbocycles. The van der Waals surface area contributed by atoms with Crippen LogP contribution in [0.15, 0.2) is 28.1 Å². The van der Waals surface area contributed by atoms with E-state index in [9.17, 15) is 4.39 Å². The van der Waals surface area contributed by atoms with Crippen LogP contribution in [0.5, 0.6) is 5.75 Å². The van der Waals surface area contributed by atoms with Crippen molar-refractivity contribution in [1.29, 1.82) is 0 Å². The summed E-state index contributed by atoms with van der Waals surface area (Å²) in [5.41, 5.74) is 1.75. The molecular formula is C14H15BrFNOS. The summed E-state index contributed by atoms with van der Waals surface area (Å²) in [4.78, 5) is 1.07. The molecule has 1 atom stereocenters. The van der Waals surface area contributed by atoms with E-state index in [1.54, 1.807) is 29.5 Å². The molecule has 0 bridgehead atoms. The molecule has 5 heteroatoms. The van der Waals surface area contributed by atoms with E-state index in [-0.39, 0.29) is 17.6 Å². The van der Waals surface area contributed by atoms with Crippen LogP contribution in [0.25, 0.3) is 0 Å². The van der Waals surface area contributed by atoms with Crippen molar-refractivity contribution in [3.63, 3.8) is 0 Å². The van der Waals surface area contributed by atoms with Gasteiger partial charge in [0, 0.05) is 10.4 Å². The third kappa shape index (κ3) is 2.83. The van der Waals surface area contributed by atoms with E-state index >= 15 is 0 Å². The molecule has 1 aromatic carbocycles. The van der Waals surface area contributed by atoms with Crippen LogP contribution in [-0.4, -0.2) is 14.2 Å². The van der Waals surface area contributed by atoms with Crippen molar-refractivity contribution in [2.75, 3.05) is 14.2 Å². The topological polar surface area (TPSA) is 21.3 Å². The minimum absolute atomic E-state index is 0.176. The molecule has 0 saturated heterocycles.